The van der Waals surface area contributed by atoms with Crippen molar-refractivity contribution in [1.82, 2.24) is 4.31 Å². The van der Waals surface area contributed by atoms with E-state index in [0.29, 0.717) is 34.9 Å². The van der Waals surface area contributed by atoms with E-state index in [4.69, 9.17) is 11.6 Å². The van der Waals surface area contributed by atoms with Gasteiger partial charge in [-0.3, -0.25) is 9.10 Å². The first-order valence-electron chi connectivity index (χ1n) is 11.1. The summed E-state index contributed by atoms with van der Waals surface area (Å²) in [4.78, 5) is 15.2. The fraction of sp³-hybridized carbons (Fsp3) is 0.240. The maximum absolute atomic E-state index is 13.6. The largest absolute Gasteiger partial charge is 0.310 e. The predicted molar refractivity (Wildman–Crippen MR) is 141 cm³/mol. The third kappa shape index (κ3) is 4.99. The van der Waals surface area contributed by atoms with Crippen molar-refractivity contribution in [3.05, 3.63) is 82.9 Å². The van der Waals surface area contributed by atoms with Gasteiger partial charge in [0.05, 0.1) is 15.5 Å². The van der Waals surface area contributed by atoms with Crippen LogP contribution < -0.4 is 9.21 Å². The van der Waals surface area contributed by atoms with Gasteiger partial charge in [-0.25, -0.2) is 21.1 Å². The Morgan fingerprint density at radius 3 is 2.11 bits per heavy atom. The Morgan fingerprint density at radius 2 is 1.50 bits per heavy atom. The molecule has 0 fully saturated rings. The molecule has 0 saturated carbocycles. The molecule has 190 valence electrons. The van der Waals surface area contributed by atoms with E-state index in [9.17, 15) is 21.6 Å². The van der Waals surface area contributed by atoms with Crippen molar-refractivity contribution >= 4 is 48.9 Å². The highest BCUT2D eigenvalue weighted by atomic mass is 35.5. The van der Waals surface area contributed by atoms with Crippen LogP contribution in [0.2, 0.25) is 5.02 Å². The summed E-state index contributed by atoms with van der Waals surface area (Å²) in [5, 5.41) is 0.440. The van der Waals surface area contributed by atoms with Crippen LogP contribution in [-0.2, 0) is 31.3 Å². The van der Waals surface area contributed by atoms with Crippen LogP contribution in [-0.4, -0.2) is 54.2 Å². The lowest BCUT2D eigenvalue weighted by Crippen LogP contribution is -2.42. The number of carbonyl (C=O) groups is 1. The van der Waals surface area contributed by atoms with Crippen molar-refractivity contribution in [2.24, 2.45) is 0 Å². The lowest BCUT2D eigenvalue weighted by atomic mass is 10.2. The minimum atomic E-state index is -4.06. The number of benzene rings is 3. The second kappa shape index (κ2) is 9.85. The molecule has 3 aromatic rings. The fourth-order valence-electron chi connectivity index (χ4n) is 3.98. The van der Waals surface area contributed by atoms with E-state index in [0.717, 1.165) is 14.2 Å². The van der Waals surface area contributed by atoms with Crippen molar-refractivity contribution < 1.29 is 21.6 Å². The lowest BCUT2D eigenvalue weighted by Gasteiger charge is -2.27. The zero-order chi connectivity index (χ0) is 26.3. The maximum Gasteiger partial charge on any atom is 0.264 e. The molecule has 4 rings (SSSR count). The molecule has 0 radical (unpaired) electrons. The summed E-state index contributed by atoms with van der Waals surface area (Å²) in [6, 6.07) is 17.3. The highest BCUT2D eigenvalue weighted by molar-refractivity contribution is 7.92. The molecule has 1 aliphatic heterocycles. The van der Waals surface area contributed by atoms with Crippen molar-refractivity contribution in [3.63, 3.8) is 0 Å². The minimum absolute atomic E-state index is 0.0659. The number of nitrogens with zero attached hydrogens (tertiary/aromatic N) is 3. The van der Waals surface area contributed by atoms with Crippen LogP contribution in [0.4, 0.5) is 11.4 Å². The van der Waals surface area contributed by atoms with E-state index >= 15 is 0 Å². The second-order valence-corrected chi connectivity index (χ2v) is 13.1. The minimum Gasteiger partial charge on any atom is -0.310 e. The van der Waals surface area contributed by atoms with Gasteiger partial charge in [0.25, 0.3) is 10.0 Å². The van der Waals surface area contributed by atoms with Gasteiger partial charge in [0.2, 0.25) is 15.9 Å². The van der Waals surface area contributed by atoms with Crippen LogP contribution in [0, 0.1) is 6.92 Å². The number of fused-ring (bicyclic) bond motifs is 1. The van der Waals surface area contributed by atoms with Crippen molar-refractivity contribution in [3.8, 4) is 0 Å². The van der Waals surface area contributed by atoms with E-state index < -0.39 is 32.5 Å². The SMILES string of the molecule is Cc1ccc(S(=O)(=O)N(CC(=O)N2CCc3cc(S(=O)(=O)N(C)C)ccc32)c2ccc(Cl)cc2)cc1. The van der Waals surface area contributed by atoms with Gasteiger partial charge in [-0.15, -0.1) is 0 Å². The molecule has 36 heavy (non-hydrogen) atoms. The summed E-state index contributed by atoms with van der Waals surface area (Å²) >= 11 is 6.01. The molecule has 8 nitrogen and oxygen atoms in total. The van der Waals surface area contributed by atoms with Crippen LogP contribution in [0.5, 0.6) is 0 Å². The number of carbonyl (C=O) groups excluding carboxylic acids is 1. The summed E-state index contributed by atoms with van der Waals surface area (Å²) in [5.74, 6) is -0.428. The first-order chi connectivity index (χ1) is 16.9. The third-order valence-electron chi connectivity index (χ3n) is 6.03. The van der Waals surface area contributed by atoms with Crippen LogP contribution in [0.3, 0.4) is 0 Å². The lowest BCUT2D eigenvalue weighted by molar-refractivity contribution is -0.117. The molecule has 0 atom stereocenters. The molecular weight excluding hydrogens is 522 g/mol. The summed E-state index contributed by atoms with van der Waals surface area (Å²) in [6.07, 6.45) is 0.462. The average Bonchev–Trinajstić information content (AvgIpc) is 3.26. The van der Waals surface area contributed by atoms with Gasteiger partial charge in [0.1, 0.15) is 6.54 Å². The van der Waals surface area contributed by atoms with E-state index in [1.165, 1.54) is 37.2 Å². The third-order valence-corrected chi connectivity index (χ3v) is 9.88. The zero-order valence-electron chi connectivity index (χ0n) is 20.0. The molecule has 1 aliphatic rings. The number of sulfonamides is 2. The molecule has 0 saturated heterocycles. The van der Waals surface area contributed by atoms with Crippen LogP contribution >= 0.6 is 11.6 Å². The number of rotatable bonds is 7. The molecule has 1 heterocycles. The van der Waals surface area contributed by atoms with Crippen molar-refractivity contribution in [1.29, 1.82) is 0 Å². The average molecular weight is 548 g/mol. The Hall–Kier alpha value is -2.92. The molecule has 0 bridgehead atoms. The van der Waals surface area contributed by atoms with Gasteiger partial charge in [0.15, 0.2) is 0 Å². The van der Waals surface area contributed by atoms with Crippen LogP contribution in [0.25, 0.3) is 0 Å². The van der Waals surface area contributed by atoms with Gasteiger partial charge in [-0.2, -0.15) is 0 Å². The van der Waals surface area contributed by atoms with E-state index in [-0.39, 0.29) is 9.79 Å². The van der Waals surface area contributed by atoms with E-state index in [2.05, 4.69) is 0 Å². The number of hydrogen-bond donors (Lipinski definition) is 0. The van der Waals surface area contributed by atoms with Gasteiger partial charge < -0.3 is 4.90 Å². The summed E-state index contributed by atoms with van der Waals surface area (Å²) in [5.41, 5.74) is 2.50. The molecule has 1 amide bonds. The zero-order valence-corrected chi connectivity index (χ0v) is 22.4. The Kier molecular flexibility index (Phi) is 7.16. The standard InChI is InChI=1S/C25H26ClN3O5S2/c1-18-4-10-22(11-5-18)36(33,34)29(21-8-6-20(26)7-9-21)17-25(30)28-15-14-19-16-23(12-13-24(19)28)35(31,32)27(2)3/h4-13,16H,14-15,17H2,1-3H3. The van der Waals surface area contributed by atoms with Crippen LogP contribution in [0.15, 0.2) is 76.5 Å². The Labute approximate surface area is 216 Å². The fourth-order valence-corrected chi connectivity index (χ4v) is 6.47. The molecule has 0 aromatic heterocycles. The van der Waals surface area contributed by atoms with E-state index in [1.807, 2.05) is 6.92 Å². The van der Waals surface area contributed by atoms with Crippen molar-refractivity contribution in [2.45, 2.75) is 23.1 Å². The number of aryl methyl sites for hydroxylation is 1. The number of anilines is 2. The quantitative estimate of drug-likeness (QED) is 0.449. The monoisotopic (exact) mass is 547 g/mol. The van der Waals surface area contributed by atoms with Gasteiger partial charge in [-0.1, -0.05) is 29.3 Å². The number of amides is 1. The Morgan fingerprint density at radius 1 is 0.889 bits per heavy atom. The summed E-state index contributed by atoms with van der Waals surface area (Å²) < 4.78 is 54.4. The molecule has 11 heteroatoms. The molecular formula is C25H26ClN3O5S2. The van der Waals surface area contributed by atoms with Crippen LogP contribution in [0.1, 0.15) is 11.1 Å². The van der Waals surface area contributed by atoms with Gasteiger partial charge in [0, 0.05) is 31.4 Å². The van der Waals surface area contributed by atoms with Crippen molar-refractivity contribution in [2.75, 3.05) is 36.4 Å². The van der Waals surface area contributed by atoms with Gasteiger partial charge in [-0.05, 0) is 73.5 Å². The number of hydrogen-bond acceptors (Lipinski definition) is 5. The maximum atomic E-state index is 13.6. The number of halogens is 1. The Bertz CT molecular complexity index is 1500. The molecule has 0 spiro atoms. The Balaban J connectivity index is 1.67. The van der Waals surface area contributed by atoms with Gasteiger partial charge >= 0.3 is 0 Å². The summed E-state index contributed by atoms with van der Waals surface area (Å²) in [6.45, 7) is 1.74. The topological polar surface area (TPSA) is 95.1 Å². The molecule has 0 unspecified atom stereocenters. The smallest absolute Gasteiger partial charge is 0.264 e. The molecule has 0 N–H and O–H groups in total. The highest BCUT2D eigenvalue weighted by Crippen LogP contribution is 2.32. The highest BCUT2D eigenvalue weighted by Gasteiger charge is 2.32. The normalized spacial score (nSPS) is 13.6. The van der Waals surface area contributed by atoms with E-state index in [1.54, 1.807) is 48.5 Å². The molecule has 0 aliphatic carbocycles. The molecule has 3 aromatic carbocycles. The first kappa shape index (κ1) is 26.2. The predicted octanol–water partition coefficient (Wildman–Crippen LogP) is 3.68. The second-order valence-electron chi connectivity index (χ2n) is 8.67. The summed E-state index contributed by atoms with van der Waals surface area (Å²) in [7, 11) is -4.77. The first-order valence-corrected chi connectivity index (χ1v) is 14.4.